The first-order chi connectivity index (χ1) is 24.4. The first-order valence-electron chi connectivity index (χ1n) is 15.3. The van der Waals surface area contributed by atoms with Gasteiger partial charge < -0.3 is 20.3 Å². The summed E-state index contributed by atoms with van der Waals surface area (Å²) in [7, 11) is -3.30. The van der Waals surface area contributed by atoms with E-state index in [0.717, 1.165) is 5.56 Å². The standard InChI is InChI=1S/C34H30F3N7O6S/c1-43-31-26(23-17-40-44(19-23)13-15-49-25-9-4-21(5-10-25)33(45)46)18-39-32(38)29(31)30(41-43)22-6-11-27(42-51(47,48)34(36)37)28(16-22)50-14-12-20-2-7-24(35)8-3-20/h2-11,16-19,34,42H,12-15H2,1H3,(H2,38,39)(H,45,46). The van der Waals surface area contributed by atoms with Gasteiger partial charge in [-0.3, -0.25) is 14.1 Å². The molecule has 0 radical (unpaired) electrons. The van der Waals surface area contributed by atoms with E-state index in [1.54, 1.807) is 59.3 Å². The molecule has 0 aliphatic heterocycles. The molecule has 0 spiro atoms. The van der Waals surface area contributed by atoms with Crippen molar-refractivity contribution in [3.8, 4) is 33.9 Å². The van der Waals surface area contributed by atoms with Gasteiger partial charge in [0.15, 0.2) is 0 Å². The number of halogens is 3. The summed E-state index contributed by atoms with van der Waals surface area (Å²) >= 11 is 0. The number of benzene rings is 3. The van der Waals surface area contributed by atoms with Crippen molar-refractivity contribution in [3.05, 3.63) is 102 Å². The molecule has 4 N–H and O–H groups in total. The molecule has 13 nitrogen and oxygen atoms in total. The number of rotatable bonds is 14. The Morgan fingerprint density at radius 2 is 1.75 bits per heavy atom. The fourth-order valence-corrected chi connectivity index (χ4v) is 5.89. The molecule has 51 heavy (non-hydrogen) atoms. The number of carboxylic acid groups (broad SMARTS) is 1. The van der Waals surface area contributed by atoms with E-state index >= 15 is 0 Å². The minimum atomic E-state index is -5.02. The van der Waals surface area contributed by atoms with Crippen molar-refractivity contribution in [2.45, 2.75) is 18.7 Å². The van der Waals surface area contributed by atoms with Gasteiger partial charge in [-0.2, -0.15) is 19.0 Å². The smallest absolute Gasteiger partial charge is 0.355 e. The Balaban J connectivity index is 1.27. The summed E-state index contributed by atoms with van der Waals surface area (Å²) < 4.78 is 80.8. The molecule has 3 aromatic heterocycles. The number of alkyl halides is 2. The highest BCUT2D eigenvalue weighted by Crippen LogP contribution is 2.39. The Morgan fingerprint density at radius 1 is 1.00 bits per heavy atom. The van der Waals surface area contributed by atoms with Crippen LogP contribution in [0.3, 0.4) is 0 Å². The molecule has 3 heterocycles. The molecule has 0 unspecified atom stereocenters. The first kappa shape index (κ1) is 34.8. The molecule has 0 amide bonds. The van der Waals surface area contributed by atoms with Crippen LogP contribution in [0, 0.1) is 5.82 Å². The van der Waals surface area contributed by atoms with Crippen molar-refractivity contribution < 1.29 is 41.0 Å². The number of aryl methyl sites for hydroxylation is 1. The van der Waals surface area contributed by atoms with Crippen LogP contribution in [0.4, 0.5) is 24.7 Å². The third-order valence-corrected chi connectivity index (χ3v) is 8.80. The molecule has 0 fully saturated rings. The number of carboxylic acids is 1. The maximum Gasteiger partial charge on any atom is 0.355 e. The van der Waals surface area contributed by atoms with Crippen LogP contribution in [0.15, 0.2) is 85.3 Å². The van der Waals surface area contributed by atoms with Crippen molar-refractivity contribution in [1.82, 2.24) is 24.5 Å². The van der Waals surface area contributed by atoms with Crippen LogP contribution >= 0.6 is 0 Å². The Morgan fingerprint density at radius 3 is 2.45 bits per heavy atom. The van der Waals surface area contributed by atoms with E-state index < -0.39 is 27.6 Å². The molecule has 0 atom stereocenters. The zero-order valence-corrected chi connectivity index (χ0v) is 27.6. The van der Waals surface area contributed by atoms with Crippen molar-refractivity contribution in [3.63, 3.8) is 0 Å². The minimum absolute atomic E-state index is 0.0152. The van der Waals surface area contributed by atoms with Crippen molar-refractivity contribution >= 4 is 38.4 Å². The Labute approximate surface area is 289 Å². The van der Waals surface area contributed by atoms with Crippen LogP contribution in [-0.4, -0.2) is 63.0 Å². The lowest BCUT2D eigenvalue weighted by molar-refractivity contribution is 0.0696. The van der Waals surface area contributed by atoms with Gasteiger partial charge in [0.25, 0.3) is 10.0 Å². The number of ether oxygens (including phenoxy) is 2. The van der Waals surface area contributed by atoms with E-state index in [1.165, 1.54) is 42.5 Å². The number of sulfonamides is 1. The van der Waals surface area contributed by atoms with Gasteiger partial charge in [0.1, 0.15) is 35.4 Å². The van der Waals surface area contributed by atoms with E-state index in [2.05, 4.69) is 15.2 Å². The zero-order chi connectivity index (χ0) is 36.3. The van der Waals surface area contributed by atoms with Gasteiger partial charge in [0.2, 0.25) is 0 Å². The van der Waals surface area contributed by atoms with E-state index in [9.17, 15) is 26.4 Å². The van der Waals surface area contributed by atoms with Crippen molar-refractivity contribution in [1.29, 1.82) is 0 Å². The molecule has 0 aliphatic rings. The molecule has 17 heteroatoms. The number of hydrogen-bond donors (Lipinski definition) is 3. The second kappa shape index (κ2) is 14.4. The SMILES string of the molecule is Cn1nc(-c2ccc(NS(=O)(=O)C(F)F)c(OCCc3ccc(F)cc3)c2)c2c(N)ncc(-c3cnn(CCOc4ccc(C(=O)O)cc4)c3)c21. The second-order valence-electron chi connectivity index (χ2n) is 11.3. The van der Waals surface area contributed by atoms with Crippen molar-refractivity contribution in [2.24, 2.45) is 7.05 Å². The number of carbonyl (C=O) groups is 1. The first-order valence-corrected chi connectivity index (χ1v) is 16.9. The number of hydrogen-bond acceptors (Lipinski definition) is 9. The molecule has 0 aliphatic carbocycles. The third kappa shape index (κ3) is 7.72. The van der Waals surface area contributed by atoms with Gasteiger partial charge in [-0.1, -0.05) is 18.2 Å². The number of nitrogen functional groups attached to an aromatic ring is 1. The van der Waals surface area contributed by atoms with Crippen LogP contribution in [0.5, 0.6) is 11.5 Å². The number of aromatic nitrogens is 5. The lowest BCUT2D eigenvalue weighted by atomic mass is 10.0. The Bertz CT molecular complexity index is 2310. The largest absolute Gasteiger partial charge is 0.492 e. The number of nitrogens with two attached hydrogens (primary N) is 1. The van der Waals surface area contributed by atoms with Gasteiger partial charge in [0.05, 0.1) is 41.5 Å². The van der Waals surface area contributed by atoms with Crippen LogP contribution in [0.25, 0.3) is 33.3 Å². The Hall–Kier alpha value is -6.10. The molecule has 6 rings (SSSR count). The number of nitrogens with one attached hydrogen (secondary N) is 1. The van der Waals surface area contributed by atoms with Gasteiger partial charge in [-0.25, -0.2) is 22.6 Å². The molecule has 0 saturated carbocycles. The summed E-state index contributed by atoms with van der Waals surface area (Å²) in [5, 5.41) is 18.7. The van der Waals surface area contributed by atoms with Gasteiger partial charge in [0, 0.05) is 42.6 Å². The maximum atomic E-state index is 13.3. The fraction of sp³-hybridized carbons (Fsp3) is 0.176. The summed E-state index contributed by atoms with van der Waals surface area (Å²) in [4.78, 5) is 15.5. The maximum absolute atomic E-state index is 13.3. The number of anilines is 2. The lowest BCUT2D eigenvalue weighted by Crippen LogP contribution is -2.21. The molecule has 0 saturated heterocycles. The van der Waals surface area contributed by atoms with Crippen LogP contribution < -0.4 is 19.9 Å². The normalized spacial score (nSPS) is 11.6. The quantitative estimate of drug-likeness (QED) is 0.129. The summed E-state index contributed by atoms with van der Waals surface area (Å²) in [5.74, 6) is -4.47. The summed E-state index contributed by atoms with van der Waals surface area (Å²) in [6, 6.07) is 16.1. The summed E-state index contributed by atoms with van der Waals surface area (Å²) in [5.41, 5.74) is 9.86. The Kier molecular flexibility index (Phi) is 9.81. The number of pyridine rings is 1. The highest BCUT2D eigenvalue weighted by Gasteiger charge is 2.26. The monoisotopic (exact) mass is 721 g/mol. The zero-order valence-electron chi connectivity index (χ0n) is 26.8. The molecule has 6 aromatic rings. The van der Waals surface area contributed by atoms with Gasteiger partial charge in [-0.05, 0) is 54.1 Å². The predicted molar refractivity (Wildman–Crippen MR) is 183 cm³/mol. The molecular weight excluding hydrogens is 691 g/mol. The van der Waals surface area contributed by atoms with Gasteiger partial charge in [-0.15, -0.1) is 0 Å². The average Bonchev–Trinajstić information content (AvgIpc) is 3.72. The van der Waals surface area contributed by atoms with Crippen LogP contribution in [0.2, 0.25) is 0 Å². The topological polar surface area (TPSA) is 176 Å². The van der Waals surface area contributed by atoms with E-state index in [-0.39, 0.29) is 36.0 Å². The molecule has 3 aromatic carbocycles. The molecule has 264 valence electrons. The summed E-state index contributed by atoms with van der Waals surface area (Å²) in [6.45, 7) is 0.659. The summed E-state index contributed by atoms with van der Waals surface area (Å²) in [6.07, 6.45) is 5.36. The molecular formula is C34H30F3N7O6S. The number of nitrogens with zero attached hydrogens (tertiary/aromatic N) is 5. The fourth-order valence-electron chi connectivity index (χ4n) is 5.33. The minimum Gasteiger partial charge on any atom is -0.492 e. The van der Waals surface area contributed by atoms with E-state index in [1.807, 2.05) is 4.72 Å². The lowest BCUT2D eigenvalue weighted by Gasteiger charge is -2.15. The third-order valence-electron chi connectivity index (χ3n) is 7.83. The average molecular weight is 722 g/mol. The van der Waals surface area contributed by atoms with E-state index in [4.69, 9.17) is 20.3 Å². The van der Waals surface area contributed by atoms with Crippen LogP contribution in [0.1, 0.15) is 15.9 Å². The highest BCUT2D eigenvalue weighted by atomic mass is 32.2. The highest BCUT2D eigenvalue weighted by molar-refractivity contribution is 7.93. The predicted octanol–water partition coefficient (Wildman–Crippen LogP) is 5.58. The number of fused-ring (bicyclic) bond motifs is 1. The van der Waals surface area contributed by atoms with Crippen LogP contribution in [-0.2, 0) is 30.0 Å². The van der Waals surface area contributed by atoms with E-state index in [0.29, 0.717) is 52.0 Å². The van der Waals surface area contributed by atoms with Crippen molar-refractivity contribution in [2.75, 3.05) is 23.7 Å². The number of aromatic carboxylic acids is 1. The molecule has 0 bridgehead atoms. The van der Waals surface area contributed by atoms with Gasteiger partial charge >= 0.3 is 11.7 Å². The second-order valence-corrected chi connectivity index (χ2v) is 12.9.